The normalized spacial score (nSPS) is 12.0. The summed E-state index contributed by atoms with van der Waals surface area (Å²) >= 11 is 0. The molecule has 0 unspecified atom stereocenters. The van der Waals surface area contributed by atoms with Crippen molar-refractivity contribution in [2.45, 2.75) is 57.9 Å². The second kappa shape index (κ2) is 18.1. The van der Waals surface area contributed by atoms with Gasteiger partial charge < -0.3 is 25.2 Å². The van der Waals surface area contributed by atoms with Crippen LogP contribution in [0.25, 0.3) is 0 Å². The predicted octanol–water partition coefficient (Wildman–Crippen LogP) is -1.73. The number of tetrazole rings is 1. The van der Waals surface area contributed by atoms with Gasteiger partial charge in [0.05, 0.1) is 25.6 Å². The van der Waals surface area contributed by atoms with Gasteiger partial charge in [0, 0.05) is 25.8 Å². The smallest absolute Gasteiger partial charge is 0.326 e. The molecule has 3 amide bonds. The van der Waals surface area contributed by atoms with Gasteiger partial charge in [0.1, 0.15) is 18.5 Å². The number of carboxylic acid groups (broad SMARTS) is 1. The summed E-state index contributed by atoms with van der Waals surface area (Å²) in [4.78, 5) is 46.3. The number of rotatable bonds is 21. The zero-order chi connectivity index (χ0) is 27.5. The molecule has 1 atom stereocenters. The van der Waals surface area contributed by atoms with Crippen LogP contribution in [0, 0.1) is 0 Å². The van der Waals surface area contributed by atoms with Crippen molar-refractivity contribution >= 4 is 33.7 Å². The minimum Gasteiger partial charge on any atom is -0.480 e. The molecule has 0 saturated heterocycles. The molecule has 17 heteroatoms. The van der Waals surface area contributed by atoms with E-state index in [1.54, 1.807) is 0 Å². The largest absolute Gasteiger partial charge is 0.480 e. The van der Waals surface area contributed by atoms with Gasteiger partial charge >= 0.3 is 5.97 Å². The summed E-state index contributed by atoms with van der Waals surface area (Å²) in [6.45, 7) is 2.16. The lowest BCUT2D eigenvalue weighted by Gasteiger charge is -2.13. The van der Waals surface area contributed by atoms with Crippen LogP contribution < -0.4 is 15.4 Å². The van der Waals surface area contributed by atoms with Gasteiger partial charge in [0.2, 0.25) is 27.7 Å². The zero-order valence-electron chi connectivity index (χ0n) is 20.7. The second-order valence-corrected chi connectivity index (χ2v) is 9.75. The van der Waals surface area contributed by atoms with Crippen molar-refractivity contribution in [1.29, 1.82) is 0 Å². The van der Waals surface area contributed by atoms with Gasteiger partial charge in [-0.3, -0.25) is 19.1 Å². The number of carbonyl (C=O) groups is 4. The Labute approximate surface area is 214 Å². The molecule has 37 heavy (non-hydrogen) atoms. The molecule has 0 bridgehead atoms. The van der Waals surface area contributed by atoms with E-state index in [2.05, 4.69) is 31.3 Å². The van der Waals surface area contributed by atoms with Crippen molar-refractivity contribution in [1.82, 2.24) is 36.0 Å². The second-order valence-electron chi connectivity index (χ2n) is 7.91. The highest BCUT2D eigenvalue weighted by atomic mass is 32.2. The molecular formula is C20H35N7O9S. The summed E-state index contributed by atoms with van der Waals surface area (Å²) < 4.78 is 36.3. The van der Waals surface area contributed by atoms with Crippen molar-refractivity contribution in [3.05, 3.63) is 5.82 Å². The van der Waals surface area contributed by atoms with Gasteiger partial charge in [-0.15, -0.1) is 5.10 Å². The first-order chi connectivity index (χ1) is 17.6. The van der Waals surface area contributed by atoms with E-state index in [-0.39, 0.29) is 63.9 Å². The maximum absolute atomic E-state index is 12.0. The number of carbonyl (C=O) groups excluding carboxylic acids is 3. The number of carboxylic acids is 1. The number of aromatic nitrogens is 4. The van der Waals surface area contributed by atoms with E-state index in [1.165, 1.54) is 0 Å². The summed E-state index contributed by atoms with van der Waals surface area (Å²) in [5.41, 5.74) is 0. The molecule has 0 fully saturated rings. The van der Waals surface area contributed by atoms with Crippen LogP contribution in [0.3, 0.4) is 0 Å². The molecule has 1 aromatic rings. The molecule has 210 valence electrons. The standard InChI is InChI=1S/C20H35N7O9S/c1-2-5-15(20(31)32)22-19(30)14-36-12-11-35-10-9-21-17(28)8-4-13-37(33,34)25-18(29)7-3-6-16-23-26-27-24-16/h15H,2-14H2,1H3,(H,21,28)(H,22,30)(H,25,29)(H,31,32)(H,23,24,26,27)/t15-/m0/s1. The lowest BCUT2D eigenvalue weighted by atomic mass is 10.2. The number of hydrogen-bond acceptors (Lipinski definition) is 11. The molecular weight excluding hydrogens is 514 g/mol. The Morgan fingerprint density at radius 2 is 1.76 bits per heavy atom. The SMILES string of the molecule is CCC[C@H](NC(=O)COCCOCCNC(=O)CCCS(=O)(=O)NC(=O)CCCc1nnn[nH]1)C(=O)O. The Morgan fingerprint density at radius 3 is 2.43 bits per heavy atom. The van der Waals surface area contributed by atoms with Crippen molar-refractivity contribution < 1.29 is 42.2 Å². The van der Waals surface area contributed by atoms with Gasteiger partial charge in [-0.1, -0.05) is 13.3 Å². The van der Waals surface area contributed by atoms with Gasteiger partial charge in [-0.05, 0) is 29.7 Å². The average molecular weight is 550 g/mol. The van der Waals surface area contributed by atoms with E-state index < -0.39 is 33.8 Å². The third-order valence-corrected chi connectivity index (χ3v) is 6.04. The molecule has 0 radical (unpaired) electrons. The van der Waals surface area contributed by atoms with Crippen LogP contribution in [0.2, 0.25) is 0 Å². The molecule has 0 spiro atoms. The summed E-state index contributed by atoms with van der Waals surface area (Å²) in [5.74, 6) is -2.50. The van der Waals surface area contributed by atoms with Crippen LogP contribution in [0.15, 0.2) is 0 Å². The highest BCUT2D eigenvalue weighted by molar-refractivity contribution is 7.90. The van der Waals surface area contributed by atoms with Crippen LogP contribution in [0.1, 0.15) is 51.3 Å². The Morgan fingerprint density at radius 1 is 1.03 bits per heavy atom. The molecule has 0 aliphatic rings. The first-order valence-corrected chi connectivity index (χ1v) is 13.5. The monoisotopic (exact) mass is 549 g/mol. The minimum atomic E-state index is -3.84. The number of amides is 3. The van der Waals surface area contributed by atoms with Gasteiger partial charge in [0.25, 0.3) is 0 Å². The van der Waals surface area contributed by atoms with Gasteiger partial charge in [-0.25, -0.2) is 18.3 Å². The Balaban J connectivity index is 2.02. The average Bonchev–Trinajstić information content (AvgIpc) is 3.33. The fourth-order valence-electron chi connectivity index (χ4n) is 2.92. The minimum absolute atomic E-state index is 0.0111. The van der Waals surface area contributed by atoms with E-state index in [1.807, 2.05) is 11.6 Å². The van der Waals surface area contributed by atoms with Crippen molar-refractivity contribution in [3.8, 4) is 0 Å². The third kappa shape index (κ3) is 16.2. The maximum atomic E-state index is 12.0. The van der Waals surface area contributed by atoms with Gasteiger partial charge in [0.15, 0.2) is 0 Å². The van der Waals surface area contributed by atoms with Crippen LogP contribution in [-0.4, -0.2) is 103 Å². The third-order valence-electron chi connectivity index (χ3n) is 4.68. The number of nitrogens with one attached hydrogen (secondary N) is 4. The highest BCUT2D eigenvalue weighted by Crippen LogP contribution is 2.00. The molecule has 0 saturated carbocycles. The van der Waals surface area contributed by atoms with E-state index in [9.17, 15) is 27.6 Å². The molecule has 1 rings (SSSR count). The molecule has 5 N–H and O–H groups in total. The quantitative estimate of drug-likeness (QED) is 0.108. The topological polar surface area (TPSA) is 232 Å². The van der Waals surface area contributed by atoms with E-state index in [4.69, 9.17) is 14.6 Å². The van der Waals surface area contributed by atoms with E-state index in [0.29, 0.717) is 31.5 Å². The Bertz CT molecular complexity index is 942. The lowest BCUT2D eigenvalue weighted by Crippen LogP contribution is -2.42. The van der Waals surface area contributed by atoms with Crippen LogP contribution >= 0.6 is 0 Å². The zero-order valence-corrected chi connectivity index (χ0v) is 21.5. The summed E-state index contributed by atoms with van der Waals surface area (Å²) in [6, 6.07) is -0.945. The van der Waals surface area contributed by atoms with E-state index >= 15 is 0 Å². The maximum Gasteiger partial charge on any atom is 0.326 e. The fraction of sp³-hybridized carbons (Fsp3) is 0.750. The molecule has 0 aliphatic heterocycles. The van der Waals surface area contributed by atoms with Crippen LogP contribution in [0.4, 0.5) is 0 Å². The lowest BCUT2D eigenvalue weighted by molar-refractivity contribution is -0.142. The number of aryl methyl sites for hydroxylation is 1. The van der Waals surface area contributed by atoms with E-state index in [0.717, 1.165) is 0 Å². The first-order valence-electron chi connectivity index (χ1n) is 11.8. The van der Waals surface area contributed by atoms with Crippen LogP contribution in [-0.2, 0) is 45.1 Å². The highest BCUT2D eigenvalue weighted by Gasteiger charge is 2.18. The van der Waals surface area contributed by atoms with Crippen molar-refractivity contribution in [2.24, 2.45) is 0 Å². The first kappa shape index (κ1) is 31.8. The number of H-pyrrole nitrogens is 1. The molecule has 16 nitrogen and oxygen atoms in total. The predicted molar refractivity (Wildman–Crippen MR) is 127 cm³/mol. The van der Waals surface area contributed by atoms with Crippen molar-refractivity contribution in [3.63, 3.8) is 0 Å². The number of hydrogen-bond donors (Lipinski definition) is 5. The summed E-state index contributed by atoms with van der Waals surface area (Å²) in [7, 11) is -3.84. The van der Waals surface area contributed by atoms with Gasteiger partial charge in [-0.2, -0.15) is 0 Å². The number of nitrogens with zero attached hydrogens (tertiary/aromatic N) is 3. The molecule has 1 aromatic heterocycles. The van der Waals surface area contributed by atoms with Crippen LogP contribution in [0.5, 0.6) is 0 Å². The summed E-state index contributed by atoms with van der Waals surface area (Å²) in [5, 5.41) is 26.9. The number of aromatic amines is 1. The van der Waals surface area contributed by atoms with Crippen molar-refractivity contribution in [2.75, 3.05) is 38.7 Å². The number of aliphatic carboxylic acids is 1. The number of ether oxygens (including phenoxy) is 2. The summed E-state index contributed by atoms with van der Waals surface area (Å²) in [6.07, 6.45) is 1.71. The fourth-order valence-corrected chi connectivity index (χ4v) is 3.99. The molecule has 1 heterocycles. The molecule has 0 aliphatic carbocycles. The Hall–Kier alpha value is -3.18. The number of sulfonamides is 1. The molecule has 0 aromatic carbocycles. The Kier molecular flexibility index (Phi) is 15.6.